The van der Waals surface area contributed by atoms with Gasteiger partial charge in [0.25, 0.3) is 5.56 Å². The van der Waals surface area contributed by atoms with Gasteiger partial charge in [-0.3, -0.25) is 9.59 Å². The van der Waals surface area contributed by atoms with Crippen molar-refractivity contribution < 1.29 is 9.53 Å². The summed E-state index contributed by atoms with van der Waals surface area (Å²) < 4.78 is 5.14. The normalized spacial score (nSPS) is 10.9. The predicted octanol–water partition coefficient (Wildman–Crippen LogP) is 2.92. The van der Waals surface area contributed by atoms with Gasteiger partial charge in [-0.1, -0.05) is 42.5 Å². The Morgan fingerprint density at radius 1 is 1.11 bits per heavy atom. The molecule has 146 valence electrons. The second kappa shape index (κ2) is 9.80. The molecule has 6 heteroatoms. The number of fused-ring (bicyclic) bond motifs is 1. The second-order valence-corrected chi connectivity index (χ2v) is 6.68. The monoisotopic (exact) mass is 379 g/mol. The van der Waals surface area contributed by atoms with E-state index in [-0.39, 0.29) is 11.5 Å². The van der Waals surface area contributed by atoms with E-state index in [9.17, 15) is 9.59 Å². The maximum Gasteiger partial charge on any atom is 0.258 e. The number of carbonyl (C=O) groups excluding carboxylic acids is 1. The van der Waals surface area contributed by atoms with E-state index in [4.69, 9.17) is 4.74 Å². The minimum absolute atomic E-state index is 0.0732. The Labute approximate surface area is 164 Å². The topological polar surface area (TPSA) is 75.3 Å². The van der Waals surface area contributed by atoms with Crippen LogP contribution in [0.5, 0.6) is 0 Å². The van der Waals surface area contributed by atoms with Crippen LogP contribution in [0, 0.1) is 0 Å². The summed E-state index contributed by atoms with van der Waals surface area (Å²) in [6.07, 6.45) is 1.57. The van der Waals surface area contributed by atoms with Gasteiger partial charge < -0.3 is 14.6 Å². The Hall–Kier alpha value is -2.99. The van der Waals surface area contributed by atoms with Gasteiger partial charge in [-0.05, 0) is 24.1 Å². The minimum atomic E-state index is -0.141. The molecule has 1 amide bonds. The molecule has 0 saturated heterocycles. The minimum Gasteiger partial charge on any atom is -0.383 e. The molecule has 1 N–H and O–H groups in total. The number of H-pyrrole nitrogens is 1. The third-order valence-corrected chi connectivity index (χ3v) is 4.60. The van der Waals surface area contributed by atoms with Crippen molar-refractivity contribution in [3.05, 3.63) is 76.3 Å². The van der Waals surface area contributed by atoms with E-state index < -0.39 is 0 Å². The Kier molecular flexibility index (Phi) is 6.92. The molecule has 0 fully saturated rings. The highest BCUT2D eigenvalue weighted by Gasteiger charge is 2.14. The summed E-state index contributed by atoms with van der Waals surface area (Å²) in [7, 11) is 1.63. The van der Waals surface area contributed by atoms with E-state index >= 15 is 0 Å². The van der Waals surface area contributed by atoms with Gasteiger partial charge in [0.15, 0.2) is 0 Å². The maximum atomic E-state index is 12.7. The quantitative estimate of drug-likeness (QED) is 0.620. The molecule has 0 radical (unpaired) electrons. The van der Waals surface area contributed by atoms with Crippen LogP contribution in [0.15, 0.2) is 59.4 Å². The summed E-state index contributed by atoms with van der Waals surface area (Å²) in [5, 5.41) is 0.580. The first-order valence-electron chi connectivity index (χ1n) is 9.46. The van der Waals surface area contributed by atoms with Gasteiger partial charge >= 0.3 is 0 Å². The average molecular weight is 379 g/mol. The SMILES string of the molecule is COCCN(Cc1ccccc1)C(=O)CCCc1nc2ccccc2c(=O)[nH]1. The Bertz CT molecular complexity index is 969. The van der Waals surface area contributed by atoms with Crippen LogP contribution in [-0.4, -0.2) is 41.0 Å². The molecular weight excluding hydrogens is 354 g/mol. The van der Waals surface area contributed by atoms with Gasteiger partial charge in [-0.15, -0.1) is 0 Å². The van der Waals surface area contributed by atoms with E-state index in [1.54, 1.807) is 13.2 Å². The zero-order valence-corrected chi connectivity index (χ0v) is 16.1. The summed E-state index contributed by atoms with van der Waals surface area (Å²) in [5.74, 6) is 0.687. The molecule has 6 nitrogen and oxygen atoms in total. The summed E-state index contributed by atoms with van der Waals surface area (Å²) in [5.41, 5.74) is 1.63. The smallest absolute Gasteiger partial charge is 0.258 e. The van der Waals surface area contributed by atoms with Crippen molar-refractivity contribution in [1.29, 1.82) is 0 Å². The van der Waals surface area contributed by atoms with Crippen LogP contribution < -0.4 is 5.56 Å². The van der Waals surface area contributed by atoms with Gasteiger partial charge in [-0.2, -0.15) is 0 Å². The number of nitrogens with one attached hydrogen (secondary N) is 1. The van der Waals surface area contributed by atoms with Gasteiger partial charge in [0.1, 0.15) is 5.82 Å². The number of ether oxygens (including phenoxy) is 1. The lowest BCUT2D eigenvalue weighted by molar-refractivity contribution is -0.132. The second-order valence-electron chi connectivity index (χ2n) is 6.68. The third-order valence-electron chi connectivity index (χ3n) is 4.60. The van der Waals surface area contributed by atoms with Crippen LogP contribution in [0.1, 0.15) is 24.2 Å². The molecule has 2 aromatic carbocycles. The number of carbonyl (C=O) groups is 1. The standard InChI is InChI=1S/C22H25N3O3/c1-28-15-14-25(16-17-8-3-2-4-9-17)21(26)13-7-12-20-23-19-11-6-5-10-18(19)22(27)24-20/h2-6,8-11H,7,12-16H2,1H3,(H,23,24,27). The number of hydrogen-bond acceptors (Lipinski definition) is 4. The molecule has 0 aliphatic heterocycles. The summed E-state index contributed by atoms with van der Waals surface area (Å²) >= 11 is 0. The number of benzene rings is 2. The van der Waals surface area contributed by atoms with Crippen molar-refractivity contribution in [2.45, 2.75) is 25.8 Å². The number of hydrogen-bond donors (Lipinski definition) is 1. The lowest BCUT2D eigenvalue weighted by atomic mass is 10.1. The first-order chi connectivity index (χ1) is 13.7. The van der Waals surface area contributed by atoms with E-state index in [0.717, 1.165) is 5.56 Å². The molecule has 1 aromatic heterocycles. The fourth-order valence-corrected chi connectivity index (χ4v) is 3.12. The average Bonchev–Trinajstić information content (AvgIpc) is 2.72. The van der Waals surface area contributed by atoms with E-state index in [1.165, 1.54) is 0 Å². The van der Waals surface area contributed by atoms with Crippen LogP contribution >= 0.6 is 0 Å². The predicted molar refractivity (Wildman–Crippen MR) is 109 cm³/mol. The molecule has 3 rings (SSSR count). The summed E-state index contributed by atoms with van der Waals surface area (Å²) in [6.45, 7) is 1.61. The first kappa shape index (κ1) is 19.8. The molecule has 0 aliphatic carbocycles. The van der Waals surface area contributed by atoms with Gasteiger partial charge in [0.05, 0.1) is 17.5 Å². The highest BCUT2D eigenvalue weighted by Crippen LogP contribution is 2.10. The molecule has 0 aliphatic rings. The zero-order valence-electron chi connectivity index (χ0n) is 16.1. The van der Waals surface area contributed by atoms with Crippen LogP contribution in [0.4, 0.5) is 0 Å². The molecule has 0 atom stereocenters. The molecule has 0 spiro atoms. The Morgan fingerprint density at radius 3 is 2.64 bits per heavy atom. The number of rotatable bonds is 9. The molecule has 0 unspecified atom stereocenters. The number of aryl methyl sites for hydroxylation is 1. The number of aromatic amines is 1. The molecule has 1 heterocycles. The lowest BCUT2D eigenvalue weighted by Crippen LogP contribution is -2.33. The molecule has 3 aromatic rings. The zero-order chi connectivity index (χ0) is 19.8. The van der Waals surface area contributed by atoms with Crippen LogP contribution in [0.3, 0.4) is 0 Å². The molecule has 0 saturated carbocycles. The Balaban J connectivity index is 1.60. The van der Waals surface area contributed by atoms with Gasteiger partial charge in [0.2, 0.25) is 5.91 Å². The van der Waals surface area contributed by atoms with Crippen molar-refractivity contribution in [2.75, 3.05) is 20.3 Å². The van der Waals surface area contributed by atoms with Crippen molar-refractivity contribution in [2.24, 2.45) is 0 Å². The Morgan fingerprint density at radius 2 is 1.86 bits per heavy atom. The van der Waals surface area contributed by atoms with Gasteiger partial charge in [-0.25, -0.2) is 4.98 Å². The summed E-state index contributed by atoms with van der Waals surface area (Å²) in [4.78, 5) is 34.0. The van der Waals surface area contributed by atoms with E-state index in [1.807, 2.05) is 53.4 Å². The maximum absolute atomic E-state index is 12.7. The lowest BCUT2D eigenvalue weighted by Gasteiger charge is -2.22. The fourth-order valence-electron chi connectivity index (χ4n) is 3.12. The fraction of sp³-hybridized carbons (Fsp3) is 0.318. The highest BCUT2D eigenvalue weighted by atomic mass is 16.5. The highest BCUT2D eigenvalue weighted by molar-refractivity contribution is 5.77. The molecular formula is C22H25N3O3. The van der Waals surface area contributed by atoms with Crippen molar-refractivity contribution in [3.63, 3.8) is 0 Å². The van der Waals surface area contributed by atoms with E-state index in [0.29, 0.717) is 55.7 Å². The molecule has 28 heavy (non-hydrogen) atoms. The van der Waals surface area contributed by atoms with Crippen molar-refractivity contribution in [1.82, 2.24) is 14.9 Å². The van der Waals surface area contributed by atoms with Gasteiger partial charge in [0, 0.05) is 33.0 Å². The molecule has 0 bridgehead atoms. The number of methoxy groups -OCH3 is 1. The summed E-state index contributed by atoms with van der Waals surface area (Å²) in [6, 6.07) is 17.2. The largest absolute Gasteiger partial charge is 0.383 e. The van der Waals surface area contributed by atoms with Crippen LogP contribution in [0.2, 0.25) is 0 Å². The van der Waals surface area contributed by atoms with E-state index in [2.05, 4.69) is 9.97 Å². The van der Waals surface area contributed by atoms with Crippen molar-refractivity contribution >= 4 is 16.8 Å². The number of aromatic nitrogens is 2. The number of nitrogens with zero attached hydrogens (tertiary/aromatic N) is 2. The number of amides is 1. The van der Waals surface area contributed by atoms with Crippen molar-refractivity contribution in [3.8, 4) is 0 Å². The number of para-hydroxylation sites is 1. The van der Waals surface area contributed by atoms with Crippen LogP contribution in [-0.2, 0) is 22.5 Å². The van der Waals surface area contributed by atoms with Crippen LogP contribution in [0.25, 0.3) is 10.9 Å². The first-order valence-corrected chi connectivity index (χ1v) is 9.46. The third kappa shape index (κ3) is 5.27.